The Hall–Kier alpha value is -2.79. The van der Waals surface area contributed by atoms with Crippen molar-refractivity contribution in [2.45, 2.75) is 46.2 Å². The monoisotopic (exact) mass is 409 g/mol. The minimum Gasteiger partial charge on any atom is -0.348 e. The van der Waals surface area contributed by atoms with Crippen molar-refractivity contribution in [3.05, 3.63) is 73.8 Å². The first kappa shape index (κ1) is 19.5. The van der Waals surface area contributed by atoms with Gasteiger partial charge in [0.25, 0.3) is 11.5 Å². The van der Waals surface area contributed by atoms with Crippen LogP contribution in [0.5, 0.6) is 0 Å². The molecule has 0 atom stereocenters. The van der Waals surface area contributed by atoms with Crippen LogP contribution in [-0.4, -0.2) is 15.5 Å². The van der Waals surface area contributed by atoms with Crippen LogP contribution >= 0.6 is 11.6 Å². The highest BCUT2D eigenvalue weighted by atomic mass is 35.5. The number of allylic oxidation sites excluding steroid dienone is 1. The van der Waals surface area contributed by atoms with E-state index in [0.717, 1.165) is 40.6 Å². The molecule has 0 unspecified atom stereocenters. The van der Waals surface area contributed by atoms with Gasteiger partial charge in [-0.15, -0.1) is 0 Å². The number of H-pyrrole nitrogens is 1. The predicted molar refractivity (Wildman–Crippen MR) is 118 cm³/mol. The van der Waals surface area contributed by atoms with Crippen LogP contribution in [-0.2, 0) is 13.0 Å². The van der Waals surface area contributed by atoms with Crippen LogP contribution in [0.2, 0.25) is 5.02 Å². The fourth-order valence-corrected chi connectivity index (χ4v) is 4.24. The first-order chi connectivity index (χ1) is 13.8. The fraction of sp³-hybridized carbons (Fsp3) is 0.304. The second kappa shape index (κ2) is 7.56. The zero-order valence-electron chi connectivity index (χ0n) is 16.8. The summed E-state index contributed by atoms with van der Waals surface area (Å²) in [7, 11) is 0. The number of carbonyl (C=O) groups is 1. The molecule has 0 bridgehead atoms. The number of pyridine rings is 1. The van der Waals surface area contributed by atoms with Crippen LogP contribution in [0.1, 0.15) is 59.1 Å². The molecule has 0 saturated carbocycles. The van der Waals surface area contributed by atoms with Crippen molar-refractivity contribution in [2.24, 2.45) is 0 Å². The number of aromatic amines is 1. The van der Waals surface area contributed by atoms with Gasteiger partial charge in [-0.1, -0.05) is 23.8 Å². The van der Waals surface area contributed by atoms with Crippen LogP contribution in [0.3, 0.4) is 0 Å². The molecule has 1 amide bonds. The van der Waals surface area contributed by atoms with Crippen LogP contribution in [0.25, 0.3) is 17.0 Å². The normalized spacial score (nSPS) is 15.6. The van der Waals surface area contributed by atoms with Crippen molar-refractivity contribution in [2.75, 3.05) is 0 Å². The zero-order valence-corrected chi connectivity index (χ0v) is 17.6. The molecule has 2 N–H and O–H groups in total. The Kier molecular flexibility index (Phi) is 5.09. The highest BCUT2D eigenvalue weighted by Gasteiger charge is 2.20. The lowest BCUT2D eigenvalue weighted by Gasteiger charge is -2.13. The summed E-state index contributed by atoms with van der Waals surface area (Å²) >= 11 is 6.36. The van der Waals surface area contributed by atoms with E-state index in [2.05, 4.69) is 47.1 Å². The number of amides is 1. The number of aryl methyl sites for hydroxylation is 2. The second-order valence-corrected chi connectivity index (χ2v) is 8.28. The molecule has 29 heavy (non-hydrogen) atoms. The molecule has 1 aromatic carbocycles. The molecule has 0 radical (unpaired) electrons. The van der Waals surface area contributed by atoms with Gasteiger partial charge in [-0.25, -0.2) is 0 Å². The zero-order chi connectivity index (χ0) is 20.7. The van der Waals surface area contributed by atoms with E-state index in [4.69, 9.17) is 11.6 Å². The summed E-state index contributed by atoms with van der Waals surface area (Å²) < 4.78 is 2.14. The van der Waals surface area contributed by atoms with Crippen molar-refractivity contribution in [3.8, 4) is 0 Å². The minimum absolute atomic E-state index is 0.149. The Morgan fingerprint density at radius 3 is 2.72 bits per heavy atom. The number of nitrogens with zero attached hydrogens (tertiary/aromatic N) is 1. The number of hydrogen-bond donors (Lipinski definition) is 2. The number of aromatic nitrogens is 2. The number of hydrogen-bond acceptors (Lipinski definition) is 2. The van der Waals surface area contributed by atoms with Crippen LogP contribution < -0.4 is 10.9 Å². The van der Waals surface area contributed by atoms with Gasteiger partial charge >= 0.3 is 0 Å². The predicted octanol–water partition coefficient (Wildman–Crippen LogP) is 4.76. The third-order valence-corrected chi connectivity index (χ3v) is 5.61. The fourth-order valence-electron chi connectivity index (χ4n) is 4.03. The maximum Gasteiger partial charge on any atom is 0.253 e. The van der Waals surface area contributed by atoms with Gasteiger partial charge in [-0.2, -0.15) is 0 Å². The van der Waals surface area contributed by atoms with Crippen molar-refractivity contribution in [3.63, 3.8) is 0 Å². The van der Waals surface area contributed by atoms with Gasteiger partial charge in [0.2, 0.25) is 0 Å². The molecule has 0 spiro atoms. The van der Waals surface area contributed by atoms with E-state index >= 15 is 0 Å². The van der Waals surface area contributed by atoms with E-state index in [1.807, 2.05) is 19.1 Å². The third-order valence-electron chi connectivity index (χ3n) is 5.39. The van der Waals surface area contributed by atoms with Crippen LogP contribution in [0.4, 0.5) is 0 Å². The quantitative estimate of drug-likeness (QED) is 0.608. The molecule has 0 saturated heterocycles. The van der Waals surface area contributed by atoms with E-state index in [1.54, 1.807) is 6.07 Å². The van der Waals surface area contributed by atoms with E-state index in [1.165, 1.54) is 0 Å². The van der Waals surface area contributed by atoms with Gasteiger partial charge in [0.15, 0.2) is 0 Å². The van der Waals surface area contributed by atoms with E-state index in [0.29, 0.717) is 16.1 Å². The lowest BCUT2D eigenvalue weighted by molar-refractivity contribution is 0.0952. The average molecular weight is 410 g/mol. The molecule has 1 aliphatic heterocycles. The summed E-state index contributed by atoms with van der Waals surface area (Å²) in [6, 6.07) is 5.82. The minimum atomic E-state index is -0.236. The number of nitrogens with one attached hydrogen (secondary N) is 2. The van der Waals surface area contributed by atoms with Gasteiger partial charge in [-0.3, -0.25) is 9.59 Å². The van der Waals surface area contributed by atoms with Gasteiger partial charge in [0.1, 0.15) is 0 Å². The summed E-state index contributed by atoms with van der Waals surface area (Å²) in [5.41, 5.74) is 4.70. The molecular formula is C23H24ClN3O2. The first-order valence-electron chi connectivity index (χ1n) is 9.85. The summed E-state index contributed by atoms with van der Waals surface area (Å²) in [6.45, 7) is 6.26. The first-order valence-corrected chi connectivity index (χ1v) is 10.2. The van der Waals surface area contributed by atoms with Gasteiger partial charge in [0, 0.05) is 46.0 Å². The van der Waals surface area contributed by atoms with Crippen LogP contribution in [0, 0.1) is 6.92 Å². The molecule has 0 fully saturated rings. The molecule has 4 rings (SSSR count). The standard InChI is InChI=1S/C23H24ClN3O2/c1-13(2)27-12-16-7-5-4-6-15-8-14(3)26-23(29)19(15)11-25-22(28)18-9-17(24)10-20(27)21(16)18/h5,7-10,12-13H,4,6,11H2,1-3H3,(H,25,28)(H,26,29)/b7-5+. The van der Waals surface area contributed by atoms with Crippen molar-refractivity contribution in [1.29, 1.82) is 0 Å². The smallest absolute Gasteiger partial charge is 0.253 e. The number of halogens is 1. The van der Waals surface area contributed by atoms with Crippen molar-refractivity contribution in [1.82, 2.24) is 14.9 Å². The summed E-state index contributed by atoms with van der Waals surface area (Å²) in [5.74, 6) is -0.236. The van der Waals surface area contributed by atoms with Gasteiger partial charge < -0.3 is 14.9 Å². The highest BCUT2D eigenvalue weighted by Crippen LogP contribution is 2.32. The Morgan fingerprint density at radius 1 is 1.17 bits per heavy atom. The topological polar surface area (TPSA) is 66.9 Å². The Balaban J connectivity index is 1.90. The van der Waals surface area contributed by atoms with E-state index < -0.39 is 0 Å². The Morgan fingerprint density at radius 2 is 1.97 bits per heavy atom. The Bertz CT molecular complexity index is 1200. The van der Waals surface area contributed by atoms with Crippen LogP contribution in [0.15, 0.2) is 35.3 Å². The molecule has 3 aromatic rings. The largest absolute Gasteiger partial charge is 0.348 e. The van der Waals surface area contributed by atoms with Crippen molar-refractivity contribution < 1.29 is 4.79 Å². The number of rotatable bonds is 1. The Labute approximate surface area is 174 Å². The third kappa shape index (κ3) is 3.62. The molecule has 0 aliphatic carbocycles. The van der Waals surface area contributed by atoms with Gasteiger partial charge in [0.05, 0.1) is 11.1 Å². The van der Waals surface area contributed by atoms with Gasteiger partial charge in [-0.05, 0) is 57.4 Å². The maximum atomic E-state index is 13.1. The van der Waals surface area contributed by atoms with E-state index in [-0.39, 0.29) is 24.1 Å². The summed E-state index contributed by atoms with van der Waals surface area (Å²) in [5, 5.41) is 4.33. The SMILES string of the molecule is Cc1cc2c(c(=O)[nH]1)CNC(=O)c1cc(Cl)cc3c1c(cn3C(C)C)/C=C/CC2. The summed E-state index contributed by atoms with van der Waals surface area (Å²) in [6.07, 6.45) is 7.80. The number of fused-ring (bicyclic) bond motifs is 1. The number of carbonyl (C=O) groups excluding carboxylic acids is 1. The molecule has 6 heteroatoms. The summed E-state index contributed by atoms with van der Waals surface area (Å²) in [4.78, 5) is 28.4. The molecule has 150 valence electrons. The highest BCUT2D eigenvalue weighted by molar-refractivity contribution is 6.32. The molecule has 2 aromatic heterocycles. The second-order valence-electron chi connectivity index (χ2n) is 7.84. The number of benzene rings is 1. The lowest BCUT2D eigenvalue weighted by atomic mass is 10.0. The lowest BCUT2D eigenvalue weighted by Crippen LogP contribution is -2.28. The van der Waals surface area contributed by atoms with E-state index in [9.17, 15) is 9.59 Å². The molecular weight excluding hydrogens is 386 g/mol. The molecule has 3 heterocycles. The molecule has 5 nitrogen and oxygen atoms in total. The molecule has 1 aliphatic rings. The van der Waals surface area contributed by atoms with Crippen molar-refractivity contribution >= 4 is 34.5 Å². The maximum absolute atomic E-state index is 13.1. The average Bonchev–Trinajstić information content (AvgIpc) is 3.01.